The highest BCUT2D eigenvalue weighted by Gasteiger charge is 2.30. The lowest BCUT2D eigenvalue weighted by molar-refractivity contribution is -0.144. The molecule has 0 saturated carbocycles. The highest BCUT2D eigenvalue weighted by Crippen LogP contribution is 2.30. The van der Waals surface area contributed by atoms with Crippen LogP contribution in [0.4, 0.5) is 0 Å². The van der Waals surface area contributed by atoms with Gasteiger partial charge in [0.05, 0.1) is 5.92 Å². The summed E-state index contributed by atoms with van der Waals surface area (Å²) in [5.41, 5.74) is 2.27. The average Bonchev–Trinajstić information content (AvgIpc) is 2.67. The smallest absolute Gasteiger partial charge is 0.307 e. The van der Waals surface area contributed by atoms with Gasteiger partial charge >= 0.3 is 5.97 Å². The van der Waals surface area contributed by atoms with Gasteiger partial charge in [-0.15, -0.1) is 11.8 Å². The molecular weight excluding hydrogens is 332 g/mol. The van der Waals surface area contributed by atoms with Gasteiger partial charge in [0.1, 0.15) is 0 Å². The molecule has 1 aliphatic heterocycles. The Bertz CT molecular complexity index is 691. The van der Waals surface area contributed by atoms with Crippen molar-refractivity contribution in [3.05, 3.63) is 59.9 Å². The Morgan fingerprint density at radius 3 is 2.76 bits per heavy atom. The number of piperidine rings is 1. The Kier molecular flexibility index (Phi) is 6.10. The molecule has 2 heterocycles. The molecule has 25 heavy (non-hydrogen) atoms. The number of hydrogen-bond acceptors (Lipinski definition) is 4. The van der Waals surface area contributed by atoms with Crippen LogP contribution in [-0.2, 0) is 11.2 Å². The van der Waals surface area contributed by atoms with Gasteiger partial charge in [-0.2, -0.15) is 0 Å². The van der Waals surface area contributed by atoms with Gasteiger partial charge in [0, 0.05) is 35.8 Å². The van der Waals surface area contributed by atoms with Crippen LogP contribution in [-0.4, -0.2) is 40.3 Å². The molecule has 1 aliphatic rings. The SMILES string of the molecule is CSc1ccc(C(Cc2ccccn2)N2CCCC(C(=O)O)C2)cc1. The fourth-order valence-electron chi connectivity index (χ4n) is 3.49. The number of rotatable bonds is 6. The molecule has 2 atom stereocenters. The monoisotopic (exact) mass is 356 g/mol. The predicted molar refractivity (Wildman–Crippen MR) is 101 cm³/mol. The van der Waals surface area contributed by atoms with E-state index in [0.717, 1.165) is 31.5 Å². The number of aliphatic carboxylic acids is 1. The van der Waals surface area contributed by atoms with Crippen LogP contribution in [0.2, 0.25) is 0 Å². The van der Waals surface area contributed by atoms with Gasteiger partial charge in [-0.3, -0.25) is 14.7 Å². The first-order chi connectivity index (χ1) is 12.2. The molecule has 1 aromatic carbocycles. The van der Waals surface area contributed by atoms with E-state index in [0.29, 0.717) is 6.54 Å². The number of pyridine rings is 1. The second-order valence-electron chi connectivity index (χ2n) is 6.49. The molecule has 2 aromatic rings. The van der Waals surface area contributed by atoms with Crippen molar-refractivity contribution in [1.29, 1.82) is 0 Å². The fraction of sp³-hybridized carbons (Fsp3) is 0.400. The van der Waals surface area contributed by atoms with Crippen LogP contribution in [0.5, 0.6) is 0 Å². The van der Waals surface area contributed by atoms with Crippen LogP contribution in [0.1, 0.15) is 30.1 Å². The molecule has 0 radical (unpaired) electrons. The van der Waals surface area contributed by atoms with Crippen LogP contribution in [0.3, 0.4) is 0 Å². The number of benzene rings is 1. The molecule has 1 aromatic heterocycles. The number of hydrogen-bond donors (Lipinski definition) is 1. The summed E-state index contributed by atoms with van der Waals surface area (Å²) >= 11 is 1.73. The lowest BCUT2D eigenvalue weighted by atomic mass is 9.93. The van der Waals surface area contributed by atoms with Crippen LogP contribution < -0.4 is 0 Å². The van der Waals surface area contributed by atoms with Crippen molar-refractivity contribution in [2.24, 2.45) is 5.92 Å². The van der Waals surface area contributed by atoms with E-state index in [4.69, 9.17) is 0 Å². The van der Waals surface area contributed by atoms with E-state index in [-0.39, 0.29) is 12.0 Å². The highest BCUT2D eigenvalue weighted by atomic mass is 32.2. The van der Waals surface area contributed by atoms with Gasteiger partial charge in [-0.25, -0.2) is 0 Å². The minimum Gasteiger partial charge on any atom is -0.481 e. The number of carbonyl (C=O) groups is 1. The average molecular weight is 356 g/mol. The molecule has 0 spiro atoms. The summed E-state index contributed by atoms with van der Waals surface area (Å²) < 4.78 is 0. The Morgan fingerprint density at radius 1 is 1.32 bits per heavy atom. The summed E-state index contributed by atoms with van der Waals surface area (Å²) in [6.45, 7) is 1.54. The van der Waals surface area contributed by atoms with Crippen LogP contribution >= 0.6 is 11.8 Å². The third-order valence-electron chi connectivity index (χ3n) is 4.87. The second kappa shape index (κ2) is 8.50. The summed E-state index contributed by atoms with van der Waals surface area (Å²) in [6.07, 6.45) is 6.39. The molecule has 2 unspecified atom stereocenters. The molecule has 4 nitrogen and oxygen atoms in total. The summed E-state index contributed by atoms with van der Waals surface area (Å²) in [5, 5.41) is 9.42. The van der Waals surface area contributed by atoms with Crippen molar-refractivity contribution in [2.75, 3.05) is 19.3 Å². The van der Waals surface area contributed by atoms with E-state index in [2.05, 4.69) is 40.4 Å². The molecule has 3 rings (SSSR count). The lowest BCUT2D eigenvalue weighted by Gasteiger charge is -2.37. The quantitative estimate of drug-likeness (QED) is 0.796. The zero-order valence-corrected chi connectivity index (χ0v) is 15.3. The summed E-state index contributed by atoms with van der Waals surface area (Å²) in [7, 11) is 0. The normalized spacial score (nSPS) is 19.5. The highest BCUT2D eigenvalue weighted by molar-refractivity contribution is 7.98. The summed E-state index contributed by atoms with van der Waals surface area (Å²) in [5.74, 6) is -0.954. The summed E-state index contributed by atoms with van der Waals surface area (Å²) in [6, 6.07) is 14.8. The molecular formula is C20H24N2O2S. The van der Waals surface area contributed by atoms with Crippen molar-refractivity contribution in [1.82, 2.24) is 9.88 Å². The zero-order valence-electron chi connectivity index (χ0n) is 14.5. The number of nitrogens with zero attached hydrogens (tertiary/aromatic N) is 2. The minimum atomic E-state index is -0.681. The Labute approximate surface area is 153 Å². The van der Waals surface area contributed by atoms with Crippen molar-refractivity contribution < 1.29 is 9.90 Å². The van der Waals surface area contributed by atoms with E-state index in [1.807, 2.05) is 24.4 Å². The molecule has 132 valence electrons. The Balaban J connectivity index is 1.86. The Morgan fingerprint density at radius 2 is 2.12 bits per heavy atom. The third kappa shape index (κ3) is 4.61. The number of likely N-dealkylation sites (tertiary alicyclic amines) is 1. The molecule has 0 aliphatic carbocycles. The van der Waals surface area contributed by atoms with E-state index in [1.165, 1.54) is 10.5 Å². The molecule has 0 amide bonds. The van der Waals surface area contributed by atoms with Gasteiger partial charge in [0.2, 0.25) is 0 Å². The van der Waals surface area contributed by atoms with Gasteiger partial charge in [-0.05, 0) is 55.5 Å². The molecule has 1 fully saturated rings. The Hall–Kier alpha value is -1.85. The van der Waals surface area contributed by atoms with Gasteiger partial charge in [0.25, 0.3) is 0 Å². The van der Waals surface area contributed by atoms with Gasteiger partial charge < -0.3 is 5.11 Å². The van der Waals surface area contributed by atoms with Crippen molar-refractivity contribution >= 4 is 17.7 Å². The van der Waals surface area contributed by atoms with E-state index in [1.54, 1.807) is 11.8 Å². The first-order valence-corrected chi connectivity index (χ1v) is 9.90. The maximum atomic E-state index is 11.5. The van der Waals surface area contributed by atoms with Gasteiger partial charge in [-0.1, -0.05) is 18.2 Å². The van der Waals surface area contributed by atoms with Crippen LogP contribution in [0.15, 0.2) is 53.6 Å². The van der Waals surface area contributed by atoms with Crippen molar-refractivity contribution in [3.63, 3.8) is 0 Å². The first kappa shape index (κ1) is 18.0. The second-order valence-corrected chi connectivity index (χ2v) is 7.37. The summed E-state index contributed by atoms with van der Waals surface area (Å²) in [4.78, 5) is 19.5. The lowest BCUT2D eigenvalue weighted by Crippen LogP contribution is -2.41. The number of aromatic nitrogens is 1. The fourth-order valence-corrected chi connectivity index (χ4v) is 3.90. The molecule has 1 saturated heterocycles. The number of carboxylic acids is 1. The maximum Gasteiger partial charge on any atom is 0.307 e. The minimum absolute atomic E-state index is 0.160. The number of thioether (sulfide) groups is 1. The number of carboxylic acid groups (broad SMARTS) is 1. The largest absolute Gasteiger partial charge is 0.481 e. The topological polar surface area (TPSA) is 53.4 Å². The standard InChI is InChI=1S/C20H24N2O2S/c1-25-18-9-7-15(8-10-18)19(13-17-6-2-3-11-21-17)22-12-4-5-16(14-22)20(23)24/h2-3,6-11,16,19H,4-5,12-14H2,1H3,(H,23,24). The first-order valence-electron chi connectivity index (χ1n) is 8.68. The van der Waals surface area contributed by atoms with E-state index < -0.39 is 5.97 Å². The van der Waals surface area contributed by atoms with Crippen molar-refractivity contribution in [2.45, 2.75) is 30.2 Å². The van der Waals surface area contributed by atoms with Crippen molar-refractivity contribution in [3.8, 4) is 0 Å². The third-order valence-corrected chi connectivity index (χ3v) is 5.62. The van der Waals surface area contributed by atoms with E-state index in [9.17, 15) is 9.90 Å². The molecule has 1 N–H and O–H groups in total. The molecule has 5 heteroatoms. The predicted octanol–water partition coefficient (Wildman–Crippen LogP) is 3.88. The zero-order chi connectivity index (χ0) is 17.6. The maximum absolute atomic E-state index is 11.5. The van der Waals surface area contributed by atoms with E-state index >= 15 is 0 Å². The molecule has 0 bridgehead atoms. The van der Waals surface area contributed by atoms with Crippen LogP contribution in [0.25, 0.3) is 0 Å². The van der Waals surface area contributed by atoms with Gasteiger partial charge in [0.15, 0.2) is 0 Å². The van der Waals surface area contributed by atoms with Crippen LogP contribution in [0, 0.1) is 5.92 Å².